The molecule has 0 saturated carbocycles. The Bertz CT molecular complexity index is 642. The topological polar surface area (TPSA) is 91.4 Å². The lowest BCUT2D eigenvalue weighted by molar-refractivity contribution is -0.131. The molecule has 2 atom stereocenters. The van der Waals surface area contributed by atoms with Crippen LogP contribution in [0.15, 0.2) is 0 Å². The minimum atomic E-state index is -0.516. The molecule has 4 amide bonds. The number of hydroxylamine groups is 2. The molecule has 170 valence electrons. The molecule has 30 heavy (non-hydrogen) atoms. The number of nitrogens with zero attached hydrogens (tertiary/aromatic N) is 3. The van der Waals surface area contributed by atoms with Crippen LogP contribution in [0, 0.1) is 0 Å². The van der Waals surface area contributed by atoms with E-state index in [1.165, 1.54) is 5.06 Å². The second kappa shape index (κ2) is 9.41. The van der Waals surface area contributed by atoms with Gasteiger partial charge >= 0.3 is 12.1 Å². The van der Waals surface area contributed by atoms with Crippen LogP contribution in [0.2, 0.25) is 0 Å². The minimum Gasteiger partial charge on any atom is -0.444 e. The van der Waals surface area contributed by atoms with Gasteiger partial charge in [-0.3, -0.25) is 9.63 Å². The number of rotatable bonds is 6. The molecule has 9 nitrogen and oxygen atoms in total. The number of carbonyl (C=O) groups excluding carboxylic acids is 3. The quantitative estimate of drug-likeness (QED) is 0.662. The molecule has 0 aliphatic carbocycles. The standard InChI is InChI=1S/C21H36N4O5/c1-5-6-13-29-25-16-7-8-17(24(14-16)19(25)27)18(26)22-15-9-11-23(12-10-15)20(28)30-21(2,3)4/h15-17H,5-14H2,1-4H3,(H,22,26)/t16-,17+/m1/s1. The number of amides is 4. The van der Waals surface area contributed by atoms with E-state index in [4.69, 9.17) is 9.57 Å². The van der Waals surface area contributed by atoms with Gasteiger partial charge < -0.3 is 19.9 Å². The molecule has 3 heterocycles. The Morgan fingerprint density at radius 3 is 2.47 bits per heavy atom. The second-order valence-corrected chi connectivity index (χ2v) is 9.44. The molecule has 0 aromatic heterocycles. The number of unbranched alkanes of at least 4 members (excludes halogenated alkanes) is 1. The number of fused-ring (bicyclic) bond motifs is 2. The highest BCUT2D eigenvalue weighted by Crippen LogP contribution is 2.30. The third-order valence-corrected chi connectivity index (χ3v) is 5.85. The number of nitrogens with one attached hydrogen (secondary N) is 1. The summed E-state index contributed by atoms with van der Waals surface area (Å²) in [5.74, 6) is -0.104. The van der Waals surface area contributed by atoms with E-state index in [2.05, 4.69) is 12.2 Å². The molecule has 0 aromatic rings. The first-order valence-electron chi connectivity index (χ1n) is 11.2. The first-order valence-corrected chi connectivity index (χ1v) is 11.2. The summed E-state index contributed by atoms with van der Waals surface area (Å²) in [5, 5.41) is 4.57. The zero-order valence-corrected chi connectivity index (χ0v) is 18.7. The Morgan fingerprint density at radius 1 is 1.13 bits per heavy atom. The van der Waals surface area contributed by atoms with Crippen LogP contribution in [-0.2, 0) is 14.4 Å². The summed E-state index contributed by atoms with van der Waals surface area (Å²) in [5.41, 5.74) is -0.516. The molecule has 0 spiro atoms. The largest absolute Gasteiger partial charge is 0.444 e. The van der Waals surface area contributed by atoms with Crippen LogP contribution in [0.5, 0.6) is 0 Å². The fraction of sp³-hybridized carbons (Fsp3) is 0.857. The zero-order valence-electron chi connectivity index (χ0n) is 18.7. The second-order valence-electron chi connectivity index (χ2n) is 9.44. The van der Waals surface area contributed by atoms with Gasteiger partial charge in [-0.1, -0.05) is 13.3 Å². The third kappa shape index (κ3) is 5.36. The van der Waals surface area contributed by atoms with Gasteiger partial charge in [-0.05, 0) is 52.9 Å². The maximum Gasteiger partial charge on any atom is 0.410 e. The average Bonchev–Trinajstić information content (AvgIpc) is 2.92. The lowest BCUT2D eigenvalue weighted by Gasteiger charge is -2.35. The molecule has 0 unspecified atom stereocenters. The van der Waals surface area contributed by atoms with Crippen molar-refractivity contribution >= 4 is 18.0 Å². The lowest BCUT2D eigenvalue weighted by Crippen LogP contribution is -2.54. The highest BCUT2D eigenvalue weighted by Gasteiger charge is 2.48. The summed E-state index contributed by atoms with van der Waals surface area (Å²) in [6.45, 7) is 9.80. The number of hydrogen-bond acceptors (Lipinski definition) is 5. The van der Waals surface area contributed by atoms with E-state index in [1.807, 2.05) is 20.8 Å². The molecule has 0 radical (unpaired) electrons. The maximum atomic E-state index is 12.9. The van der Waals surface area contributed by atoms with Crippen LogP contribution in [0.4, 0.5) is 9.59 Å². The van der Waals surface area contributed by atoms with Crippen LogP contribution in [-0.4, -0.2) is 82.9 Å². The first kappa shape index (κ1) is 22.7. The molecular weight excluding hydrogens is 388 g/mol. The van der Waals surface area contributed by atoms with E-state index in [0.29, 0.717) is 45.5 Å². The SMILES string of the molecule is CCCCON1C(=O)N2C[C@H]1CC[C@H]2C(=O)NC1CCN(C(=O)OC(C)(C)C)CC1. The summed E-state index contributed by atoms with van der Waals surface area (Å²) in [6, 6.07) is -0.607. The Hall–Kier alpha value is -2.03. The van der Waals surface area contributed by atoms with Crippen molar-refractivity contribution in [2.75, 3.05) is 26.2 Å². The van der Waals surface area contributed by atoms with Crippen molar-refractivity contribution in [3.63, 3.8) is 0 Å². The predicted octanol–water partition coefficient (Wildman–Crippen LogP) is 2.50. The number of hydrogen-bond donors (Lipinski definition) is 1. The molecule has 1 N–H and O–H groups in total. The molecule has 3 aliphatic heterocycles. The van der Waals surface area contributed by atoms with Crippen molar-refractivity contribution in [2.45, 2.75) is 89.9 Å². The summed E-state index contributed by atoms with van der Waals surface area (Å²) < 4.78 is 5.42. The number of urea groups is 1. The Balaban J connectivity index is 1.47. The zero-order chi connectivity index (χ0) is 21.9. The van der Waals surface area contributed by atoms with Crippen molar-refractivity contribution in [3.05, 3.63) is 0 Å². The van der Waals surface area contributed by atoms with Gasteiger partial charge in [0.05, 0.1) is 12.6 Å². The van der Waals surface area contributed by atoms with Gasteiger partial charge in [0.15, 0.2) is 0 Å². The smallest absolute Gasteiger partial charge is 0.410 e. The van der Waals surface area contributed by atoms with Crippen LogP contribution < -0.4 is 5.32 Å². The van der Waals surface area contributed by atoms with Crippen molar-refractivity contribution in [1.82, 2.24) is 20.2 Å². The van der Waals surface area contributed by atoms with Gasteiger partial charge in [0.25, 0.3) is 0 Å². The summed E-state index contributed by atoms with van der Waals surface area (Å²) in [4.78, 5) is 46.8. The highest BCUT2D eigenvalue weighted by atomic mass is 16.7. The van der Waals surface area contributed by atoms with Gasteiger partial charge in [0.2, 0.25) is 5.91 Å². The van der Waals surface area contributed by atoms with Gasteiger partial charge in [-0.15, -0.1) is 0 Å². The van der Waals surface area contributed by atoms with Crippen LogP contribution in [0.3, 0.4) is 0 Å². The van der Waals surface area contributed by atoms with Gasteiger partial charge in [-0.25, -0.2) is 9.59 Å². The van der Waals surface area contributed by atoms with E-state index in [-0.39, 0.29) is 30.1 Å². The number of likely N-dealkylation sites (tertiary alicyclic amines) is 1. The lowest BCUT2D eigenvalue weighted by atomic mass is 9.99. The Labute approximate surface area is 179 Å². The van der Waals surface area contributed by atoms with Crippen molar-refractivity contribution in [1.29, 1.82) is 0 Å². The molecule has 3 saturated heterocycles. The molecule has 2 bridgehead atoms. The summed E-state index contributed by atoms with van der Waals surface area (Å²) in [7, 11) is 0. The molecule has 3 aliphatic rings. The fourth-order valence-electron chi connectivity index (χ4n) is 4.21. The Morgan fingerprint density at radius 2 is 1.83 bits per heavy atom. The molecule has 3 fully saturated rings. The molecule has 3 rings (SSSR count). The van der Waals surface area contributed by atoms with Crippen LogP contribution in [0.25, 0.3) is 0 Å². The number of carbonyl (C=O) groups is 3. The summed E-state index contributed by atoms with van der Waals surface area (Å²) in [6.07, 6.45) is 4.38. The third-order valence-electron chi connectivity index (χ3n) is 5.85. The minimum absolute atomic E-state index is 0.00326. The average molecular weight is 425 g/mol. The van der Waals surface area contributed by atoms with E-state index >= 15 is 0 Å². The normalized spacial score (nSPS) is 24.9. The summed E-state index contributed by atoms with van der Waals surface area (Å²) >= 11 is 0. The van der Waals surface area contributed by atoms with E-state index in [9.17, 15) is 14.4 Å². The first-order chi connectivity index (χ1) is 14.2. The van der Waals surface area contributed by atoms with Crippen molar-refractivity contribution < 1.29 is 24.0 Å². The van der Waals surface area contributed by atoms with E-state index in [1.54, 1.807) is 9.80 Å². The van der Waals surface area contributed by atoms with Gasteiger partial charge in [0.1, 0.15) is 11.6 Å². The fourth-order valence-corrected chi connectivity index (χ4v) is 4.21. The predicted molar refractivity (Wildman–Crippen MR) is 111 cm³/mol. The molecule has 0 aromatic carbocycles. The van der Waals surface area contributed by atoms with E-state index < -0.39 is 11.6 Å². The maximum absolute atomic E-state index is 12.9. The number of ether oxygens (including phenoxy) is 1. The monoisotopic (exact) mass is 424 g/mol. The molecule has 9 heteroatoms. The van der Waals surface area contributed by atoms with E-state index in [0.717, 1.165) is 19.3 Å². The van der Waals surface area contributed by atoms with Crippen LogP contribution >= 0.6 is 0 Å². The highest BCUT2D eigenvalue weighted by molar-refractivity contribution is 5.88. The van der Waals surface area contributed by atoms with Crippen molar-refractivity contribution in [2.24, 2.45) is 0 Å². The van der Waals surface area contributed by atoms with Gasteiger partial charge in [0, 0.05) is 25.7 Å². The molecular formula is C21H36N4O5. The van der Waals surface area contributed by atoms with Gasteiger partial charge in [-0.2, -0.15) is 5.06 Å². The van der Waals surface area contributed by atoms with Crippen LogP contribution in [0.1, 0.15) is 66.2 Å². The number of piperidine rings is 2. The van der Waals surface area contributed by atoms with Crippen molar-refractivity contribution in [3.8, 4) is 0 Å². The Kier molecular flexibility index (Phi) is 7.10.